The van der Waals surface area contributed by atoms with E-state index in [2.05, 4.69) is 0 Å². The number of phenols is 1. The topological polar surface area (TPSA) is 38.7 Å². The summed E-state index contributed by atoms with van der Waals surface area (Å²) in [7, 11) is 0. The molecule has 1 aliphatic heterocycles. The van der Waals surface area contributed by atoms with Crippen molar-refractivity contribution < 1.29 is 14.6 Å². The molecular weight excluding hydrogens is 240 g/mol. The molecule has 1 atom stereocenters. The molecule has 0 spiro atoms. The summed E-state index contributed by atoms with van der Waals surface area (Å²) in [5, 5.41) is 12.0. The van der Waals surface area contributed by atoms with Crippen LogP contribution in [-0.4, -0.2) is 11.4 Å². The van der Waals surface area contributed by atoms with E-state index >= 15 is 0 Å². The monoisotopic (exact) mass is 250 g/mol. The van der Waals surface area contributed by atoms with Crippen LogP contribution in [0, 0.1) is 6.92 Å². The second-order valence-corrected chi connectivity index (χ2v) is 4.48. The fourth-order valence-corrected chi connectivity index (χ4v) is 2.35. The van der Waals surface area contributed by atoms with Crippen molar-refractivity contribution in [3.63, 3.8) is 0 Å². The first kappa shape index (κ1) is 10.5. The van der Waals surface area contributed by atoms with Crippen LogP contribution in [0.4, 0.5) is 0 Å². The molecule has 0 radical (unpaired) electrons. The van der Waals surface area contributed by atoms with E-state index in [0.717, 1.165) is 5.39 Å². The highest BCUT2D eigenvalue weighted by Crippen LogP contribution is 2.48. The summed E-state index contributed by atoms with van der Waals surface area (Å²) in [5.41, 5.74) is 0.625. The first-order valence-electron chi connectivity index (χ1n) is 5.36. The summed E-state index contributed by atoms with van der Waals surface area (Å²) >= 11 is 6.21. The summed E-state index contributed by atoms with van der Waals surface area (Å²) in [6.45, 7) is 3.57. The molecule has 0 saturated heterocycles. The average Bonchev–Trinajstić information content (AvgIpc) is 2.32. The van der Waals surface area contributed by atoms with Gasteiger partial charge in [-0.2, -0.15) is 0 Å². The molecule has 3 nitrogen and oxygen atoms in total. The number of hydrogen-bond donors (Lipinski definition) is 1. The molecule has 1 N–H and O–H groups in total. The maximum atomic E-state index is 10.1. The highest BCUT2D eigenvalue weighted by molar-refractivity contribution is 6.34. The lowest BCUT2D eigenvalue weighted by atomic mass is 10.0. The van der Waals surface area contributed by atoms with Gasteiger partial charge < -0.3 is 14.6 Å². The van der Waals surface area contributed by atoms with Crippen molar-refractivity contribution in [1.29, 1.82) is 0 Å². The van der Waals surface area contributed by atoms with Gasteiger partial charge in [-0.05, 0) is 13.0 Å². The average molecular weight is 251 g/mol. The Morgan fingerprint density at radius 3 is 2.82 bits per heavy atom. The summed E-state index contributed by atoms with van der Waals surface area (Å²) in [4.78, 5) is 0. The lowest BCUT2D eigenvalue weighted by molar-refractivity contribution is 0.0161. The summed E-state index contributed by atoms with van der Waals surface area (Å²) in [6, 6.07) is 5.51. The summed E-state index contributed by atoms with van der Waals surface area (Å²) < 4.78 is 11.2. The van der Waals surface area contributed by atoms with Gasteiger partial charge in [-0.25, -0.2) is 0 Å². The van der Waals surface area contributed by atoms with Gasteiger partial charge in [-0.3, -0.25) is 0 Å². The highest BCUT2D eigenvalue weighted by Gasteiger charge is 2.25. The summed E-state index contributed by atoms with van der Waals surface area (Å²) in [5.74, 6) is 1.46. The van der Waals surface area contributed by atoms with Crippen molar-refractivity contribution in [3.05, 3.63) is 28.8 Å². The standard InChI is InChI=1S/C13H11ClO3/c1-6-11(14)13-10-8(12(6)15)4-3-5-9(10)16-7(2)17-13/h3-5,7,15H,1-2H3. The molecule has 0 aromatic heterocycles. The molecule has 3 rings (SSSR count). The van der Waals surface area contributed by atoms with Gasteiger partial charge in [-0.15, -0.1) is 0 Å². The molecule has 0 aliphatic carbocycles. The van der Waals surface area contributed by atoms with E-state index < -0.39 is 0 Å². The van der Waals surface area contributed by atoms with Crippen LogP contribution < -0.4 is 9.47 Å². The Labute approximate surface area is 104 Å². The zero-order valence-corrected chi connectivity index (χ0v) is 10.2. The Morgan fingerprint density at radius 1 is 1.29 bits per heavy atom. The Balaban J connectivity index is 2.50. The van der Waals surface area contributed by atoms with E-state index in [-0.39, 0.29) is 12.0 Å². The van der Waals surface area contributed by atoms with Crippen molar-refractivity contribution in [1.82, 2.24) is 0 Å². The van der Waals surface area contributed by atoms with Crippen molar-refractivity contribution in [2.75, 3.05) is 0 Å². The molecule has 4 heteroatoms. The van der Waals surface area contributed by atoms with Gasteiger partial charge in [0, 0.05) is 17.9 Å². The van der Waals surface area contributed by atoms with Crippen LogP contribution in [0.25, 0.3) is 10.8 Å². The third-order valence-electron chi connectivity index (χ3n) is 2.97. The van der Waals surface area contributed by atoms with Crippen LogP contribution in [0.5, 0.6) is 17.2 Å². The molecule has 0 amide bonds. The third kappa shape index (κ3) is 1.35. The van der Waals surface area contributed by atoms with Crippen LogP contribution in [-0.2, 0) is 0 Å². The fourth-order valence-electron chi connectivity index (χ4n) is 2.13. The molecule has 88 valence electrons. The van der Waals surface area contributed by atoms with Crippen LogP contribution >= 0.6 is 11.6 Å². The normalized spacial score (nSPS) is 17.7. The van der Waals surface area contributed by atoms with Gasteiger partial charge in [-0.1, -0.05) is 23.7 Å². The molecule has 2 aromatic rings. The van der Waals surface area contributed by atoms with E-state index in [1.165, 1.54) is 0 Å². The van der Waals surface area contributed by atoms with E-state index in [0.29, 0.717) is 27.5 Å². The molecule has 0 fully saturated rings. The predicted octanol–water partition coefficient (Wildman–Crippen LogP) is 3.62. The number of halogens is 1. The lowest BCUT2D eigenvalue weighted by Crippen LogP contribution is -2.23. The second kappa shape index (κ2) is 3.44. The number of phenolic OH excluding ortho intramolecular Hbond substituents is 1. The zero-order chi connectivity index (χ0) is 12.2. The second-order valence-electron chi connectivity index (χ2n) is 4.10. The van der Waals surface area contributed by atoms with Gasteiger partial charge in [0.2, 0.25) is 6.29 Å². The molecular formula is C13H11ClO3. The third-order valence-corrected chi connectivity index (χ3v) is 3.42. The summed E-state index contributed by atoms with van der Waals surface area (Å²) in [6.07, 6.45) is -0.380. The predicted molar refractivity (Wildman–Crippen MR) is 66.1 cm³/mol. The van der Waals surface area contributed by atoms with Crippen molar-refractivity contribution >= 4 is 22.4 Å². The van der Waals surface area contributed by atoms with E-state index in [1.54, 1.807) is 13.8 Å². The molecule has 0 saturated carbocycles. The zero-order valence-electron chi connectivity index (χ0n) is 9.45. The van der Waals surface area contributed by atoms with E-state index in [9.17, 15) is 5.11 Å². The minimum absolute atomic E-state index is 0.178. The fraction of sp³-hybridized carbons (Fsp3) is 0.231. The lowest BCUT2D eigenvalue weighted by Gasteiger charge is -2.26. The largest absolute Gasteiger partial charge is 0.507 e. The van der Waals surface area contributed by atoms with Crippen LogP contribution in [0.15, 0.2) is 18.2 Å². The number of aromatic hydroxyl groups is 1. The SMILES string of the molecule is Cc1c(Cl)c2c3c(cccc3c1O)OC(C)O2. The van der Waals surface area contributed by atoms with Crippen LogP contribution in [0.3, 0.4) is 0 Å². The smallest absolute Gasteiger partial charge is 0.238 e. The number of hydrogen-bond acceptors (Lipinski definition) is 3. The minimum atomic E-state index is -0.380. The molecule has 2 aromatic carbocycles. The molecule has 1 unspecified atom stereocenters. The Morgan fingerprint density at radius 2 is 2.06 bits per heavy atom. The first-order chi connectivity index (χ1) is 8.09. The van der Waals surface area contributed by atoms with Gasteiger partial charge in [0.15, 0.2) is 5.75 Å². The first-order valence-corrected chi connectivity index (χ1v) is 5.74. The Kier molecular flexibility index (Phi) is 2.13. The molecule has 17 heavy (non-hydrogen) atoms. The molecule has 1 aliphatic rings. The van der Waals surface area contributed by atoms with Gasteiger partial charge in [0.05, 0.1) is 10.4 Å². The number of ether oxygens (including phenoxy) is 2. The van der Waals surface area contributed by atoms with Crippen LogP contribution in [0.1, 0.15) is 12.5 Å². The van der Waals surface area contributed by atoms with Gasteiger partial charge in [0.1, 0.15) is 11.5 Å². The highest BCUT2D eigenvalue weighted by atomic mass is 35.5. The van der Waals surface area contributed by atoms with Crippen molar-refractivity contribution in [2.24, 2.45) is 0 Å². The van der Waals surface area contributed by atoms with E-state index in [4.69, 9.17) is 21.1 Å². The van der Waals surface area contributed by atoms with Gasteiger partial charge in [0.25, 0.3) is 0 Å². The molecule has 0 bridgehead atoms. The maximum Gasteiger partial charge on any atom is 0.238 e. The van der Waals surface area contributed by atoms with Crippen molar-refractivity contribution in [3.8, 4) is 17.2 Å². The number of benzene rings is 2. The number of rotatable bonds is 0. The maximum absolute atomic E-state index is 10.1. The van der Waals surface area contributed by atoms with E-state index in [1.807, 2.05) is 18.2 Å². The Hall–Kier alpha value is -1.61. The molecule has 1 heterocycles. The van der Waals surface area contributed by atoms with Gasteiger partial charge >= 0.3 is 0 Å². The minimum Gasteiger partial charge on any atom is -0.507 e. The quantitative estimate of drug-likeness (QED) is 0.776. The van der Waals surface area contributed by atoms with Crippen LogP contribution in [0.2, 0.25) is 5.02 Å². The van der Waals surface area contributed by atoms with Crippen molar-refractivity contribution in [2.45, 2.75) is 20.1 Å². The Bertz CT molecular complexity index is 622.